The van der Waals surface area contributed by atoms with Gasteiger partial charge in [0.1, 0.15) is 24.0 Å². The number of aromatic nitrogens is 3. The number of halogens is 2. The zero-order valence-corrected chi connectivity index (χ0v) is 27.6. The van der Waals surface area contributed by atoms with E-state index in [2.05, 4.69) is 10.2 Å². The van der Waals surface area contributed by atoms with Crippen molar-refractivity contribution < 1.29 is 32.2 Å². The van der Waals surface area contributed by atoms with Crippen LogP contribution >= 0.6 is 23.2 Å². The van der Waals surface area contributed by atoms with Gasteiger partial charge in [-0.3, -0.25) is 13.7 Å². The monoisotopic (exact) mass is 678 g/mol. The van der Waals surface area contributed by atoms with Crippen molar-refractivity contribution in [1.82, 2.24) is 14.8 Å². The molecule has 45 heavy (non-hydrogen) atoms. The number of benzene rings is 1. The van der Waals surface area contributed by atoms with Crippen molar-refractivity contribution in [3.63, 3.8) is 0 Å². The number of hydrogen-bond donors (Lipinski definition) is 0. The van der Waals surface area contributed by atoms with Gasteiger partial charge in [0.2, 0.25) is 15.9 Å². The lowest BCUT2D eigenvalue weighted by Gasteiger charge is -2.30. The second kappa shape index (κ2) is 14.1. The summed E-state index contributed by atoms with van der Waals surface area (Å²) in [5.74, 6) is 0.210. The van der Waals surface area contributed by atoms with Crippen molar-refractivity contribution in [3.05, 3.63) is 64.8 Å². The second-order valence-corrected chi connectivity index (χ2v) is 14.7. The number of fused-ring (bicyclic) bond motifs is 1. The average molecular weight is 680 g/mol. The lowest BCUT2D eigenvalue weighted by Crippen LogP contribution is -2.43. The van der Waals surface area contributed by atoms with Gasteiger partial charge in [-0.05, 0) is 82.5 Å². The fraction of sp³-hybridized carbons (Fsp3) is 0.452. The van der Waals surface area contributed by atoms with Gasteiger partial charge >= 0.3 is 5.97 Å². The summed E-state index contributed by atoms with van der Waals surface area (Å²) in [6.45, 7) is 6.05. The molecule has 1 fully saturated rings. The summed E-state index contributed by atoms with van der Waals surface area (Å²) < 4.78 is 53.1. The van der Waals surface area contributed by atoms with Crippen LogP contribution in [-0.2, 0) is 29.0 Å². The Hall–Kier alpha value is -3.16. The van der Waals surface area contributed by atoms with Crippen molar-refractivity contribution in [2.75, 3.05) is 30.7 Å². The van der Waals surface area contributed by atoms with E-state index >= 15 is 0 Å². The lowest BCUT2D eigenvalue weighted by molar-refractivity contribution is -0.165. The number of carbonyl (C=O) groups excluding carboxylic acids is 1. The summed E-state index contributed by atoms with van der Waals surface area (Å²) in [7, 11) is -4.14. The lowest BCUT2D eigenvalue weighted by atomic mass is 10.2. The molecule has 3 heterocycles. The third kappa shape index (κ3) is 8.56. The highest BCUT2D eigenvalue weighted by Gasteiger charge is 2.35. The highest BCUT2D eigenvalue weighted by atomic mass is 35.5. The standard InChI is InChI=1S/C31H36Cl2N4O7S/c1-31(2,3)44-29(38)20-37(45(39,40)25-18-22(32)17-23(33)19-25)24-7-8-26-21(16-24)11-12-36(26)27-9-10-28(35-34-27)41-14-15-43-30-6-4-5-13-42-30/h7-12,16-18,25,30H,4-6,13-15,19-20H2,1-3H3. The molecule has 11 nitrogen and oxygen atoms in total. The molecule has 2 aromatic heterocycles. The summed E-state index contributed by atoms with van der Waals surface area (Å²) in [6.07, 6.45) is 7.63. The minimum absolute atomic E-state index is 0.0316. The van der Waals surface area contributed by atoms with Crippen molar-refractivity contribution in [3.8, 4) is 11.7 Å². The zero-order chi connectivity index (χ0) is 32.2. The molecular formula is C31H36Cl2N4O7S. The number of rotatable bonds is 11. The predicted molar refractivity (Wildman–Crippen MR) is 172 cm³/mol. The van der Waals surface area contributed by atoms with E-state index in [-0.39, 0.29) is 23.4 Å². The molecule has 0 radical (unpaired) electrons. The topological polar surface area (TPSA) is 122 Å². The number of hydrogen-bond acceptors (Lipinski definition) is 9. The summed E-state index contributed by atoms with van der Waals surface area (Å²) >= 11 is 12.4. The van der Waals surface area contributed by atoms with Crippen LogP contribution in [0.2, 0.25) is 0 Å². The molecule has 0 spiro atoms. The number of anilines is 1. The van der Waals surface area contributed by atoms with E-state index in [1.807, 2.05) is 10.6 Å². The zero-order valence-electron chi connectivity index (χ0n) is 25.3. The SMILES string of the molecule is CC(C)(C)OC(=O)CN(c1ccc2c(ccn2-c2ccc(OCCOC3CCCCO3)nn2)c1)S(=O)(=O)C1C=C(Cl)C=C(Cl)C1. The summed E-state index contributed by atoms with van der Waals surface area (Å²) in [5, 5.41) is 8.66. The van der Waals surface area contributed by atoms with E-state index in [0.29, 0.717) is 29.9 Å². The smallest absolute Gasteiger partial charge is 0.327 e. The number of nitrogens with zero attached hydrogens (tertiary/aromatic N) is 4. The molecule has 1 aliphatic heterocycles. The molecule has 3 aromatic rings. The first kappa shape index (κ1) is 33.2. The Morgan fingerprint density at radius 3 is 2.62 bits per heavy atom. The largest absolute Gasteiger partial charge is 0.474 e. The highest BCUT2D eigenvalue weighted by molar-refractivity contribution is 7.93. The van der Waals surface area contributed by atoms with E-state index in [1.165, 1.54) is 12.2 Å². The van der Waals surface area contributed by atoms with Gasteiger partial charge in [0, 0.05) is 40.7 Å². The highest BCUT2D eigenvalue weighted by Crippen LogP contribution is 2.33. The first-order chi connectivity index (χ1) is 21.4. The minimum atomic E-state index is -4.14. The molecule has 0 N–H and O–H groups in total. The van der Waals surface area contributed by atoms with Gasteiger partial charge in [-0.15, -0.1) is 10.2 Å². The maximum Gasteiger partial charge on any atom is 0.327 e. The van der Waals surface area contributed by atoms with Gasteiger partial charge in [-0.1, -0.05) is 23.2 Å². The Balaban J connectivity index is 1.34. The molecule has 0 saturated carbocycles. The Labute approximate surface area is 272 Å². The molecule has 2 aliphatic rings. The van der Waals surface area contributed by atoms with Crippen LogP contribution in [0.1, 0.15) is 46.5 Å². The van der Waals surface area contributed by atoms with E-state index in [0.717, 1.165) is 41.1 Å². The van der Waals surface area contributed by atoms with Crippen molar-refractivity contribution in [2.45, 2.75) is 63.6 Å². The molecule has 5 rings (SSSR count). The van der Waals surface area contributed by atoms with Crippen LogP contribution in [0.5, 0.6) is 5.88 Å². The van der Waals surface area contributed by atoms with Crippen molar-refractivity contribution in [1.29, 1.82) is 0 Å². The Morgan fingerprint density at radius 1 is 1.11 bits per heavy atom. The molecule has 2 unspecified atom stereocenters. The van der Waals surface area contributed by atoms with Gasteiger partial charge in [0.05, 0.1) is 17.8 Å². The number of sulfonamides is 1. The van der Waals surface area contributed by atoms with Gasteiger partial charge < -0.3 is 18.9 Å². The quantitative estimate of drug-likeness (QED) is 0.182. The van der Waals surface area contributed by atoms with Gasteiger partial charge in [0.25, 0.3) is 0 Å². The van der Waals surface area contributed by atoms with E-state index in [1.54, 1.807) is 57.3 Å². The molecule has 0 amide bonds. The fourth-order valence-electron chi connectivity index (χ4n) is 5.03. The molecule has 0 bridgehead atoms. The molecule has 2 atom stereocenters. The van der Waals surface area contributed by atoms with Crippen LogP contribution in [0.15, 0.2) is 64.8 Å². The van der Waals surface area contributed by atoms with Crippen LogP contribution in [0.4, 0.5) is 5.69 Å². The first-order valence-electron chi connectivity index (χ1n) is 14.7. The Kier molecular flexibility index (Phi) is 10.4. The molecule has 1 aromatic carbocycles. The molecular weight excluding hydrogens is 643 g/mol. The number of ether oxygens (including phenoxy) is 4. The van der Waals surface area contributed by atoms with Crippen LogP contribution in [0.3, 0.4) is 0 Å². The summed E-state index contributed by atoms with van der Waals surface area (Å²) in [5.41, 5.74) is 0.244. The molecule has 242 valence electrons. The van der Waals surface area contributed by atoms with Crippen LogP contribution < -0.4 is 9.04 Å². The predicted octanol–water partition coefficient (Wildman–Crippen LogP) is 5.84. The number of allylic oxidation sites excluding steroid dienone is 3. The average Bonchev–Trinajstić information content (AvgIpc) is 3.41. The Morgan fingerprint density at radius 2 is 1.93 bits per heavy atom. The van der Waals surface area contributed by atoms with Gasteiger partial charge in [-0.2, -0.15) is 0 Å². The molecule has 1 saturated heterocycles. The maximum absolute atomic E-state index is 13.9. The third-order valence-electron chi connectivity index (χ3n) is 7.03. The van der Waals surface area contributed by atoms with E-state index < -0.39 is 33.4 Å². The van der Waals surface area contributed by atoms with Gasteiger partial charge in [0.15, 0.2) is 12.1 Å². The number of esters is 1. The van der Waals surface area contributed by atoms with E-state index in [4.69, 9.17) is 42.1 Å². The van der Waals surface area contributed by atoms with Crippen molar-refractivity contribution in [2.24, 2.45) is 0 Å². The molecule has 14 heteroatoms. The summed E-state index contributed by atoms with van der Waals surface area (Å²) in [6, 6.07) is 10.4. The molecule has 1 aliphatic carbocycles. The fourth-order valence-corrected chi connectivity index (χ4v) is 7.55. The van der Waals surface area contributed by atoms with Crippen molar-refractivity contribution >= 4 is 55.8 Å². The van der Waals surface area contributed by atoms with E-state index in [9.17, 15) is 13.2 Å². The third-order valence-corrected chi connectivity index (χ3v) is 9.55. The van der Waals surface area contributed by atoms with Crippen LogP contribution in [0, 0.1) is 0 Å². The second-order valence-electron chi connectivity index (χ2n) is 11.7. The van der Waals surface area contributed by atoms with Crippen LogP contribution in [0.25, 0.3) is 16.7 Å². The first-order valence-corrected chi connectivity index (χ1v) is 16.9. The summed E-state index contributed by atoms with van der Waals surface area (Å²) in [4.78, 5) is 12.9. The van der Waals surface area contributed by atoms with Gasteiger partial charge in [-0.25, -0.2) is 8.42 Å². The number of carbonyl (C=O) groups is 1. The maximum atomic E-state index is 13.9. The normalized spacial score (nSPS) is 19.1. The Bertz CT molecular complexity index is 1680. The minimum Gasteiger partial charge on any atom is -0.474 e. The van der Waals surface area contributed by atoms with Crippen LogP contribution in [-0.4, -0.2) is 72.7 Å².